The number of aryl methyl sites for hydroxylation is 1. The molecule has 40 heavy (non-hydrogen) atoms. The first-order valence-corrected chi connectivity index (χ1v) is 14.7. The fraction of sp³-hybridized carbons (Fsp3) is 0.367. The molecule has 1 aromatic heterocycles. The number of nitrogens with zero attached hydrogens (tertiary/aromatic N) is 3. The van der Waals surface area contributed by atoms with Crippen LogP contribution in [0, 0.1) is 11.6 Å². The van der Waals surface area contributed by atoms with Crippen LogP contribution in [0.15, 0.2) is 35.5 Å². The van der Waals surface area contributed by atoms with Gasteiger partial charge >= 0.3 is 0 Å². The zero-order valence-electron chi connectivity index (χ0n) is 22.7. The number of rotatable bonds is 8. The number of anilines is 1. The van der Waals surface area contributed by atoms with Gasteiger partial charge in [-0.15, -0.1) is 0 Å². The van der Waals surface area contributed by atoms with E-state index >= 15 is 4.39 Å². The topological polar surface area (TPSA) is 64.6 Å². The first-order valence-electron chi connectivity index (χ1n) is 13.3. The molecule has 6 nitrogen and oxygen atoms in total. The molecule has 1 aliphatic rings. The van der Waals surface area contributed by atoms with Crippen molar-refractivity contribution >= 4 is 56.6 Å². The highest BCUT2D eigenvalue weighted by atomic mass is 35.5. The van der Waals surface area contributed by atoms with Crippen LogP contribution >= 0.6 is 23.4 Å². The Kier molecular flexibility index (Phi) is 8.73. The molecule has 0 N–H and O–H groups in total. The zero-order chi connectivity index (χ0) is 28.4. The molecule has 1 aliphatic heterocycles. The molecule has 0 unspecified atom stereocenters. The Balaban J connectivity index is 1.81. The Bertz CT molecular complexity index is 1600. The van der Waals surface area contributed by atoms with Crippen LogP contribution in [0.1, 0.15) is 38.7 Å². The summed E-state index contributed by atoms with van der Waals surface area (Å²) in [5.41, 5.74) is 1.06. The van der Waals surface area contributed by atoms with E-state index in [9.17, 15) is 9.18 Å². The molecule has 210 valence electrons. The molecule has 3 aromatic carbocycles. The van der Waals surface area contributed by atoms with Gasteiger partial charge in [0.15, 0.2) is 23.5 Å². The number of Topliss-reactive ketones (excluding diaryl/α,β-unsaturated/α-hetero) is 1. The summed E-state index contributed by atoms with van der Waals surface area (Å²) in [5, 5.41) is 2.22. The first kappa shape index (κ1) is 28.5. The molecular weight excluding hydrogens is 556 g/mol. The molecule has 0 radical (unpaired) electrons. The van der Waals surface area contributed by atoms with E-state index in [1.54, 1.807) is 24.3 Å². The van der Waals surface area contributed by atoms with Gasteiger partial charge in [0, 0.05) is 31.0 Å². The molecule has 5 rings (SSSR count). The van der Waals surface area contributed by atoms with Crippen LogP contribution in [0.5, 0.6) is 5.75 Å². The molecule has 0 spiro atoms. The lowest BCUT2D eigenvalue weighted by Crippen LogP contribution is -2.29. The molecule has 0 bridgehead atoms. The predicted molar refractivity (Wildman–Crippen MR) is 157 cm³/mol. The maximum Gasteiger partial charge on any atom is 0.190 e. The maximum absolute atomic E-state index is 16.8. The van der Waals surface area contributed by atoms with Gasteiger partial charge in [-0.05, 0) is 71.2 Å². The normalized spacial score (nSPS) is 14.2. The van der Waals surface area contributed by atoms with Gasteiger partial charge < -0.3 is 14.4 Å². The Morgan fingerprint density at radius 3 is 2.70 bits per heavy atom. The number of aromatic nitrogens is 2. The number of methoxy groups -OCH3 is 1. The van der Waals surface area contributed by atoms with Gasteiger partial charge in [0.25, 0.3) is 0 Å². The van der Waals surface area contributed by atoms with Crippen LogP contribution in [0.3, 0.4) is 0 Å². The smallest absolute Gasteiger partial charge is 0.190 e. The van der Waals surface area contributed by atoms with Crippen molar-refractivity contribution < 1.29 is 23.0 Å². The first-order chi connectivity index (χ1) is 19.4. The standard InChI is InChI=1S/C30H30ClF2N3O3S/c1-4-20-24(32)10-9-17-12-19(39-16-38-3)13-21(25(17)20)26-23(31)14-22-28(27(26)33)34-30(40-5-2)35-29(22)36-11-7-6-8-18(37)15-36/h9-10,12-14H,4-8,11,15-16H2,1-3H3. The van der Waals surface area contributed by atoms with Crippen molar-refractivity contribution in [1.29, 1.82) is 0 Å². The van der Waals surface area contributed by atoms with Crippen molar-refractivity contribution in [3.8, 4) is 16.9 Å². The summed E-state index contributed by atoms with van der Waals surface area (Å²) in [5.74, 6) is 0.714. The van der Waals surface area contributed by atoms with Crippen LogP contribution < -0.4 is 9.64 Å². The minimum Gasteiger partial charge on any atom is -0.468 e. The minimum atomic E-state index is -0.637. The fourth-order valence-electron chi connectivity index (χ4n) is 5.26. The number of ether oxygens (including phenoxy) is 2. The SMILES string of the molecule is CCSc1nc(N2CCCCC(=O)C2)c2cc(Cl)c(-c3cc(OCOC)cc4ccc(F)c(CC)c34)c(F)c2n1. The van der Waals surface area contributed by atoms with E-state index in [2.05, 4.69) is 4.98 Å². The summed E-state index contributed by atoms with van der Waals surface area (Å²) < 4.78 is 42.5. The second-order valence-electron chi connectivity index (χ2n) is 9.62. The number of halogens is 3. The number of ketones is 1. The Hall–Kier alpha value is -3.01. The summed E-state index contributed by atoms with van der Waals surface area (Å²) >= 11 is 8.26. The molecule has 2 heterocycles. The molecular formula is C30H30ClF2N3O3S. The lowest BCUT2D eigenvalue weighted by atomic mass is 9.92. The lowest BCUT2D eigenvalue weighted by molar-refractivity contribution is -0.117. The van der Waals surface area contributed by atoms with Gasteiger partial charge in [-0.3, -0.25) is 4.79 Å². The number of hydrogen-bond donors (Lipinski definition) is 0. The molecule has 0 atom stereocenters. The minimum absolute atomic E-state index is 0.0105. The average Bonchev–Trinajstić information content (AvgIpc) is 3.16. The monoisotopic (exact) mass is 585 g/mol. The third-order valence-electron chi connectivity index (χ3n) is 7.02. The fourth-order valence-corrected chi connectivity index (χ4v) is 6.12. The second-order valence-corrected chi connectivity index (χ2v) is 11.3. The molecule has 1 saturated heterocycles. The Labute approximate surface area is 241 Å². The summed E-state index contributed by atoms with van der Waals surface area (Å²) in [4.78, 5) is 23.7. The number of carbonyl (C=O) groups is 1. The predicted octanol–water partition coefficient (Wildman–Crippen LogP) is 7.60. The van der Waals surface area contributed by atoms with E-state index in [-0.39, 0.29) is 41.0 Å². The van der Waals surface area contributed by atoms with E-state index < -0.39 is 5.82 Å². The number of thioether (sulfide) groups is 1. The summed E-state index contributed by atoms with van der Waals surface area (Å²) in [6, 6.07) is 8.13. The van der Waals surface area contributed by atoms with Gasteiger partial charge in [0.2, 0.25) is 0 Å². The lowest BCUT2D eigenvalue weighted by Gasteiger charge is -2.23. The molecule has 10 heteroatoms. The highest BCUT2D eigenvalue weighted by molar-refractivity contribution is 7.99. The van der Waals surface area contributed by atoms with Crippen LogP contribution in [0.2, 0.25) is 5.02 Å². The van der Waals surface area contributed by atoms with E-state index in [0.29, 0.717) is 69.1 Å². The molecule has 0 saturated carbocycles. The number of fused-ring (bicyclic) bond motifs is 2. The van der Waals surface area contributed by atoms with Crippen molar-refractivity contribution in [1.82, 2.24) is 9.97 Å². The Morgan fingerprint density at radius 1 is 1.12 bits per heavy atom. The third kappa shape index (κ3) is 5.47. The average molecular weight is 586 g/mol. The van der Waals surface area contributed by atoms with E-state index in [1.807, 2.05) is 18.7 Å². The number of carbonyl (C=O) groups excluding carboxylic acids is 1. The Morgan fingerprint density at radius 2 is 1.95 bits per heavy atom. The number of hydrogen-bond acceptors (Lipinski definition) is 7. The van der Waals surface area contributed by atoms with Crippen molar-refractivity contribution in [3.63, 3.8) is 0 Å². The molecule has 0 aliphatic carbocycles. The summed E-state index contributed by atoms with van der Waals surface area (Å²) in [6.07, 6.45) is 2.54. The van der Waals surface area contributed by atoms with Crippen LogP contribution in [-0.2, 0) is 16.0 Å². The summed E-state index contributed by atoms with van der Waals surface area (Å²) in [7, 11) is 1.51. The van der Waals surface area contributed by atoms with Gasteiger partial charge in [-0.25, -0.2) is 18.7 Å². The van der Waals surface area contributed by atoms with Crippen molar-refractivity contribution in [2.75, 3.05) is 37.6 Å². The highest BCUT2D eigenvalue weighted by Gasteiger charge is 2.26. The third-order valence-corrected chi connectivity index (χ3v) is 8.05. The zero-order valence-corrected chi connectivity index (χ0v) is 24.2. The van der Waals surface area contributed by atoms with Crippen molar-refractivity contribution in [2.24, 2.45) is 0 Å². The van der Waals surface area contributed by atoms with E-state index in [1.165, 1.54) is 24.9 Å². The van der Waals surface area contributed by atoms with Crippen molar-refractivity contribution in [3.05, 3.63) is 52.6 Å². The van der Waals surface area contributed by atoms with Gasteiger partial charge in [-0.1, -0.05) is 43.3 Å². The van der Waals surface area contributed by atoms with Crippen LogP contribution in [0.25, 0.3) is 32.8 Å². The quantitative estimate of drug-likeness (QED) is 0.120. The largest absolute Gasteiger partial charge is 0.468 e. The van der Waals surface area contributed by atoms with E-state index in [0.717, 1.165) is 12.8 Å². The highest BCUT2D eigenvalue weighted by Crippen LogP contribution is 2.44. The number of benzene rings is 3. The van der Waals surface area contributed by atoms with Crippen LogP contribution in [0.4, 0.5) is 14.6 Å². The van der Waals surface area contributed by atoms with Crippen LogP contribution in [-0.4, -0.2) is 48.5 Å². The van der Waals surface area contributed by atoms with E-state index in [4.69, 9.17) is 26.1 Å². The van der Waals surface area contributed by atoms with Crippen molar-refractivity contribution in [2.45, 2.75) is 44.7 Å². The van der Waals surface area contributed by atoms with Gasteiger partial charge in [0.05, 0.1) is 11.6 Å². The maximum atomic E-state index is 16.8. The second kappa shape index (κ2) is 12.2. The van der Waals surface area contributed by atoms with Gasteiger partial charge in [-0.2, -0.15) is 0 Å². The molecule has 4 aromatic rings. The molecule has 0 amide bonds. The van der Waals surface area contributed by atoms with Gasteiger partial charge in [0.1, 0.15) is 22.9 Å². The summed E-state index contributed by atoms with van der Waals surface area (Å²) in [6.45, 7) is 4.63. The molecule has 1 fully saturated rings.